The van der Waals surface area contributed by atoms with Crippen molar-refractivity contribution in [3.63, 3.8) is 0 Å². The van der Waals surface area contributed by atoms with Gasteiger partial charge in [-0.25, -0.2) is 12.7 Å². The molecule has 1 rings (SSSR count). The predicted molar refractivity (Wildman–Crippen MR) is 57.4 cm³/mol. The normalized spacial score (nSPS) is 24.7. The van der Waals surface area contributed by atoms with Crippen molar-refractivity contribution in [2.45, 2.75) is 32.7 Å². The van der Waals surface area contributed by atoms with Crippen LogP contribution in [0.1, 0.15) is 26.7 Å². The number of rotatable bonds is 4. The molecular formula is C9H20N2O2S. The molecule has 0 aromatic rings. The smallest absolute Gasteiger partial charge is 0.214 e. The summed E-state index contributed by atoms with van der Waals surface area (Å²) in [4.78, 5) is 0. The first kappa shape index (κ1) is 11.9. The Bertz CT molecular complexity index is 275. The number of nitrogens with two attached hydrogens (primary N) is 1. The van der Waals surface area contributed by atoms with Crippen LogP contribution >= 0.6 is 0 Å². The molecule has 0 amide bonds. The summed E-state index contributed by atoms with van der Waals surface area (Å²) in [6.07, 6.45) is 1.52. The highest BCUT2D eigenvalue weighted by Gasteiger charge is 2.28. The lowest BCUT2D eigenvalue weighted by atomic mass is 10.2. The molecule has 1 fully saturated rings. The van der Waals surface area contributed by atoms with Crippen LogP contribution in [0, 0.1) is 5.92 Å². The fourth-order valence-corrected chi connectivity index (χ4v) is 3.35. The second-order valence-electron chi connectivity index (χ2n) is 4.41. The third-order valence-corrected chi connectivity index (χ3v) is 4.40. The van der Waals surface area contributed by atoms with E-state index in [2.05, 4.69) is 0 Å². The highest BCUT2D eigenvalue weighted by molar-refractivity contribution is 7.89. The highest BCUT2D eigenvalue weighted by atomic mass is 32.2. The van der Waals surface area contributed by atoms with Gasteiger partial charge in [0.05, 0.1) is 5.75 Å². The van der Waals surface area contributed by atoms with Gasteiger partial charge >= 0.3 is 0 Å². The van der Waals surface area contributed by atoms with Crippen molar-refractivity contribution in [3.05, 3.63) is 0 Å². The zero-order chi connectivity index (χ0) is 10.8. The van der Waals surface area contributed by atoms with Crippen LogP contribution in [0.5, 0.6) is 0 Å². The molecule has 84 valence electrons. The molecule has 5 heteroatoms. The minimum absolute atomic E-state index is 0.0313. The predicted octanol–water partition coefficient (Wildman–Crippen LogP) is 0.395. The molecule has 0 radical (unpaired) electrons. The Balaban J connectivity index is 2.49. The average Bonchev–Trinajstić information content (AvgIpc) is 2.49. The van der Waals surface area contributed by atoms with E-state index in [1.165, 1.54) is 4.31 Å². The Morgan fingerprint density at radius 3 is 2.57 bits per heavy atom. The lowest BCUT2D eigenvalue weighted by Crippen LogP contribution is -2.33. The number of sulfonamides is 1. The topological polar surface area (TPSA) is 63.4 Å². The van der Waals surface area contributed by atoms with Gasteiger partial charge < -0.3 is 5.73 Å². The Morgan fingerprint density at radius 1 is 1.50 bits per heavy atom. The number of nitrogens with zero attached hydrogens (tertiary/aromatic N) is 1. The van der Waals surface area contributed by atoms with Gasteiger partial charge in [0.1, 0.15) is 0 Å². The summed E-state index contributed by atoms with van der Waals surface area (Å²) in [5.74, 6) is 0.693. The van der Waals surface area contributed by atoms with E-state index in [-0.39, 0.29) is 11.8 Å². The van der Waals surface area contributed by atoms with Gasteiger partial charge in [-0.05, 0) is 18.8 Å². The van der Waals surface area contributed by atoms with E-state index in [0.717, 1.165) is 12.8 Å². The Kier molecular flexibility index (Phi) is 3.92. The van der Waals surface area contributed by atoms with Gasteiger partial charge in [0, 0.05) is 19.1 Å². The molecular weight excluding hydrogens is 200 g/mol. The lowest BCUT2D eigenvalue weighted by molar-refractivity contribution is 0.466. The first-order valence-corrected chi connectivity index (χ1v) is 6.76. The van der Waals surface area contributed by atoms with Crippen LogP contribution in [0.15, 0.2) is 0 Å². The Morgan fingerprint density at radius 2 is 2.14 bits per heavy atom. The summed E-state index contributed by atoms with van der Waals surface area (Å²) >= 11 is 0. The van der Waals surface area contributed by atoms with Crippen LogP contribution in [0.4, 0.5) is 0 Å². The fraction of sp³-hybridized carbons (Fsp3) is 1.00. The first-order valence-electron chi connectivity index (χ1n) is 5.15. The molecule has 0 aromatic carbocycles. The van der Waals surface area contributed by atoms with Gasteiger partial charge in [0.2, 0.25) is 10.0 Å². The van der Waals surface area contributed by atoms with E-state index in [9.17, 15) is 8.42 Å². The second-order valence-corrected chi connectivity index (χ2v) is 6.49. The summed E-state index contributed by atoms with van der Waals surface area (Å²) in [7, 11) is -3.03. The first-order chi connectivity index (χ1) is 6.42. The summed E-state index contributed by atoms with van der Waals surface area (Å²) < 4.78 is 25.0. The Hall–Kier alpha value is -0.130. The van der Waals surface area contributed by atoms with Gasteiger partial charge in [0.25, 0.3) is 0 Å². The summed E-state index contributed by atoms with van der Waals surface area (Å²) in [5, 5.41) is 0. The van der Waals surface area contributed by atoms with Crippen LogP contribution in [0.25, 0.3) is 0 Å². The molecule has 0 bridgehead atoms. The van der Waals surface area contributed by atoms with Crippen molar-refractivity contribution in [2.24, 2.45) is 11.7 Å². The molecule has 0 saturated carbocycles. The van der Waals surface area contributed by atoms with Gasteiger partial charge in [-0.15, -0.1) is 0 Å². The van der Waals surface area contributed by atoms with E-state index in [0.29, 0.717) is 19.0 Å². The molecule has 2 N–H and O–H groups in total. The lowest BCUT2D eigenvalue weighted by Gasteiger charge is -2.16. The Labute approximate surface area is 86.5 Å². The van der Waals surface area contributed by atoms with Crippen molar-refractivity contribution >= 4 is 10.0 Å². The number of hydrogen-bond acceptors (Lipinski definition) is 3. The number of hydrogen-bond donors (Lipinski definition) is 1. The van der Waals surface area contributed by atoms with Gasteiger partial charge in [0.15, 0.2) is 0 Å². The standard InChI is InChI=1S/C9H20N2O2S/c1-8(2)4-6-14(12,13)11-5-3-9(10)7-11/h8-9H,3-7,10H2,1-2H3/t9-/m1/s1. The minimum Gasteiger partial charge on any atom is -0.326 e. The minimum atomic E-state index is -3.03. The maximum absolute atomic E-state index is 11.8. The van der Waals surface area contributed by atoms with E-state index >= 15 is 0 Å². The van der Waals surface area contributed by atoms with Crippen molar-refractivity contribution in [1.29, 1.82) is 0 Å². The second kappa shape index (κ2) is 4.59. The van der Waals surface area contributed by atoms with E-state index in [4.69, 9.17) is 5.73 Å². The zero-order valence-electron chi connectivity index (χ0n) is 8.94. The summed E-state index contributed by atoms with van der Waals surface area (Å²) in [5.41, 5.74) is 5.67. The van der Waals surface area contributed by atoms with Gasteiger partial charge in [-0.1, -0.05) is 13.8 Å². The van der Waals surface area contributed by atoms with Crippen LogP contribution in [-0.4, -0.2) is 37.6 Å². The van der Waals surface area contributed by atoms with E-state index in [1.54, 1.807) is 0 Å². The maximum Gasteiger partial charge on any atom is 0.214 e. The summed E-state index contributed by atoms with van der Waals surface area (Å²) in [6, 6.07) is 0.0313. The quantitative estimate of drug-likeness (QED) is 0.745. The molecule has 1 heterocycles. The molecule has 1 saturated heterocycles. The monoisotopic (exact) mass is 220 g/mol. The molecule has 0 aromatic heterocycles. The molecule has 1 atom stereocenters. The summed E-state index contributed by atoms with van der Waals surface area (Å²) in [6.45, 7) is 5.17. The molecule has 0 unspecified atom stereocenters. The van der Waals surface area contributed by atoms with Crippen LogP contribution in [0.2, 0.25) is 0 Å². The molecule has 1 aliphatic rings. The third kappa shape index (κ3) is 3.22. The van der Waals surface area contributed by atoms with Gasteiger partial charge in [-0.3, -0.25) is 0 Å². The molecule has 0 aliphatic carbocycles. The highest BCUT2D eigenvalue weighted by Crippen LogP contribution is 2.14. The third-order valence-electron chi connectivity index (χ3n) is 2.53. The van der Waals surface area contributed by atoms with Crippen molar-refractivity contribution in [1.82, 2.24) is 4.31 Å². The van der Waals surface area contributed by atoms with Crippen molar-refractivity contribution < 1.29 is 8.42 Å². The van der Waals surface area contributed by atoms with Crippen molar-refractivity contribution in [3.8, 4) is 0 Å². The van der Waals surface area contributed by atoms with Crippen LogP contribution in [0.3, 0.4) is 0 Å². The van der Waals surface area contributed by atoms with Crippen LogP contribution in [-0.2, 0) is 10.0 Å². The molecule has 0 spiro atoms. The molecule has 4 nitrogen and oxygen atoms in total. The zero-order valence-corrected chi connectivity index (χ0v) is 9.76. The largest absolute Gasteiger partial charge is 0.326 e. The van der Waals surface area contributed by atoms with Crippen molar-refractivity contribution in [2.75, 3.05) is 18.8 Å². The molecule has 1 aliphatic heterocycles. The maximum atomic E-state index is 11.8. The van der Waals surface area contributed by atoms with E-state index < -0.39 is 10.0 Å². The average molecular weight is 220 g/mol. The van der Waals surface area contributed by atoms with E-state index in [1.807, 2.05) is 13.8 Å². The fourth-order valence-electron chi connectivity index (χ4n) is 1.52. The molecule has 14 heavy (non-hydrogen) atoms. The van der Waals surface area contributed by atoms with Gasteiger partial charge in [-0.2, -0.15) is 0 Å². The SMILES string of the molecule is CC(C)CCS(=O)(=O)N1CC[C@@H](N)C1. The van der Waals surface area contributed by atoms with Crippen LogP contribution < -0.4 is 5.73 Å².